The van der Waals surface area contributed by atoms with Gasteiger partial charge in [0.15, 0.2) is 0 Å². The van der Waals surface area contributed by atoms with E-state index >= 15 is 0 Å². The first-order valence-corrected chi connectivity index (χ1v) is 6.00. The van der Waals surface area contributed by atoms with E-state index in [-0.39, 0.29) is 12.0 Å². The molecule has 4 nitrogen and oxygen atoms in total. The molecule has 0 saturated heterocycles. The van der Waals surface area contributed by atoms with Gasteiger partial charge < -0.3 is 15.2 Å². The van der Waals surface area contributed by atoms with E-state index in [1.807, 2.05) is 6.92 Å². The van der Waals surface area contributed by atoms with E-state index in [9.17, 15) is 9.90 Å². The molecular formula is C12H25NO3. The second-order valence-corrected chi connectivity index (χ2v) is 4.45. The Morgan fingerprint density at radius 2 is 2.12 bits per heavy atom. The number of carbonyl (C=O) groups excluding carboxylic acids is 1. The summed E-state index contributed by atoms with van der Waals surface area (Å²) in [5.41, 5.74) is -0.765. The molecule has 96 valence electrons. The topological polar surface area (TPSA) is 58.6 Å². The Bertz CT molecular complexity index is 204. The molecule has 0 aliphatic heterocycles. The van der Waals surface area contributed by atoms with Crippen LogP contribution in [0.25, 0.3) is 0 Å². The zero-order valence-electron chi connectivity index (χ0n) is 10.9. The molecule has 0 spiro atoms. The lowest BCUT2D eigenvalue weighted by molar-refractivity contribution is -0.143. The average Bonchev–Trinajstić information content (AvgIpc) is 2.28. The summed E-state index contributed by atoms with van der Waals surface area (Å²) in [7, 11) is 1.39. The first-order chi connectivity index (χ1) is 7.46. The number of rotatable bonds is 8. The molecule has 16 heavy (non-hydrogen) atoms. The minimum Gasteiger partial charge on any atom is -0.468 e. The minimum absolute atomic E-state index is 0.250. The Kier molecular flexibility index (Phi) is 7.34. The van der Waals surface area contributed by atoms with Gasteiger partial charge in [0.05, 0.1) is 12.7 Å². The number of hydrogen-bond donors (Lipinski definition) is 2. The van der Waals surface area contributed by atoms with Gasteiger partial charge in [-0.05, 0) is 19.8 Å². The van der Waals surface area contributed by atoms with Gasteiger partial charge in [0.2, 0.25) is 0 Å². The fourth-order valence-electron chi connectivity index (χ4n) is 1.32. The smallest absolute Gasteiger partial charge is 0.322 e. The second kappa shape index (κ2) is 7.63. The molecule has 0 saturated carbocycles. The molecule has 0 heterocycles. The summed E-state index contributed by atoms with van der Waals surface area (Å²) in [6, 6.07) is -0.303. The van der Waals surface area contributed by atoms with Crippen LogP contribution < -0.4 is 5.32 Å². The van der Waals surface area contributed by atoms with Crippen molar-refractivity contribution in [1.82, 2.24) is 5.32 Å². The summed E-state index contributed by atoms with van der Waals surface area (Å²) in [6.07, 6.45) is 3.42. The number of unbranched alkanes of at least 4 members (excludes halogenated alkanes) is 1. The van der Waals surface area contributed by atoms with Gasteiger partial charge in [-0.25, -0.2) is 0 Å². The first kappa shape index (κ1) is 15.4. The molecule has 0 rings (SSSR count). The highest BCUT2D eigenvalue weighted by atomic mass is 16.5. The van der Waals surface area contributed by atoms with E-state index in [0.29, 0.717) is 13.0 Å². The second-order valence-electron chi connectivity index (χ2n) is 4.45. The van der Waals surface area contributed by atoms with Crippen molar-refractivity contribution in [1.29, 1.82) is 0 Å². The van der Waals surface area contributed by atoms with Crippen LogP contribution in [0, 0.1) is 0 Å². The third kappa shape index (κ3) is 6.08. The van der Waals surface area contributed by atoms with Crippen LogP contribution in [0.2, 0.25) is 0 Å². The first-order valence-electron chi connectivity index (χ1n) is 6.00. The van der Waals surface area contributed by atoms with Crippen LogP contribution in [0.3, 0.4) is 0 Å². The molecule has 2 atom stereocenters. The predicted molar refractivity (Wildman–Crippen MR) is 64.2 cm³/mol. The van der Waals surface area contributed by atoms with Crippen molar-refractivity contribution in [2.24, 2.45) is 0 Å². The van der Waals surface area contributed by atoms with E-state index in [1.165, 1.54) is 7.11 Å². The number of aliphatic hydroxyl groups is 1. The molecule has 0 aromatic carbocycles. The summed E-state index contributed by atoms with van der Waals surface area (Å²) in [5, 5.41) is 12.9. The van der Waals surface area contributed by atoms with Crippen LogP contribution in [-0.4, -0.2) is 36.4 Å². The fraction of sp³-hybridized carbons (Fsp3) is 0.917. The molecule has 0 fully saturated rings. The molecule has 0 amide bonds. The van der Waals surface area contributed by atoms with Crippen molar-refractivity contribution in [2.75, 3.05) is 13.7 Å². The SMILES string of the molecule is CCCCC(NCC(C)(O)CC)C(=O)OC. The van der Waals surface area contributed by atoms with Crippen LogP contribution in [0.1, 0.15) is 46.5 Å². The highest BCUT2D eigenvalue weighted by Crippen LogP contribution is 2.09. The highest BCUT2D eigenvalue weighted by molar-refractivity contribution is 5.75. The number of carbonyl (C=O) groups is 1. The maximum atomic E-state index is 11.5. The summed E-state index contributed by atoms with van der Waals surface area (Å²) >= 11 is 0. The molecular weight excluding hydrogens is 206 g/mol. The van der Waals surface area contributed by atoms with Crippen LogP contribution >= 0.6 is 0 Å². The summed E-state index contributed by atoms with van der Waals surface area (Å²) < 4.78 is 4.73. The minimum atomic E-state index is -0.765. The Morgan fingerprint density at radius 3 is 2.56 bits per heavy atom. The third-order valence-corrected chi connectivity index (χ3v) is 2.82. The average molecular weight is 231 g/mol. The van der Waals surface area contributed by atoms with Crippen molar-refractivity contribution in [3.63, 3.8) is 0 Å². The Morgan fingerprint density at radius 1 is 1.50 bits per heavy atom. The van der Waals surface area contributed by atoms with Gasteiger partial charge in [0, 0.05) is 6.54 Å². The van der Waals surface area contributed by atoms with Crippen molar-refractivity contribution in [3.8, 4) is 0 Å². The van der Waals surface area contributed by atoms with Gasteiger partial charge in [-0.3, -0.25) is 4.79 Å². The van der Waals surface area contributed by atoms with Crippen LogP contribution in [0.15, 0.2) is 0 Å². The number of esters is 1. The van der Waals surface area contributed by atoms with E-state index in [1.54, 1.807) is 6.92 Å². The summed E-state index contributed by atoms with van der Waals surface area (Å²) in [6.45, 7) is 6.17. The maximum Gasteiger partial charge on any atom is 0.322 e. The van der Waals surface area contributed by atoms with Crippen molar-refractivity contribution >= 4 is 5.97 Å². The van der Waals surface area contributed by atoms with Gasteiger partial charge in [0.1, 0.15) is 6.04 Å². The van der Waals surface area contributed by atoms with Gasteiger partial charge in [-0.1, -0.05) is 26.7 Å². The van der Waals surface area contributed by atoms with E-state index in [2.05, 4.69) is 12.2 Å². The molecule has 0 aromatic rings. The molecule has 0 aliphatic carbocycles. The molecule has 0 radical (unpaired) electrons. The Balaban J connectivity index is 4.15. The highest BCUT2D eigenvalue weighted by Gasteiger charge is 2.23. The largest absolute Gasteiger partial charge is 0.468 e. The standard InChI is InChI=1S/C12H25NO3/c1-5-7-8-10(11(14)16-4)13-9-12(3,15)6-2/h10,13,15H,5-9H2,1-4H3. The number of nitrogens with one attached hydrogen (secondary N) is 1. The predicted octanol–water partition coefficient (Wildman–Crippen LogP) is 1.47. The van der Waals surface area contributed by atoms with Gasteiger partial charge in [0.25, 0.3) is 0 Å². The maximum absolute atomic E-state index is 11.5. The fourth-order valence-corrected chi connectivity index (χ4v) is 1.32. The zero-order valence-corrected chi connectivity index (χ0v) is 10.9. The quantitative estimate of drug-likeness (QED) is 0.621. The van der Waals surface area contributed by atoms with Gasteiger partial charge >= 0.3 is 5.97 Å². The Hall–Kier alpha value is -0.610. The molecule has 0 aliphatic rings. The molecule has 0 aromatic heterocycles. The molecule has 0 bridgehead atoms. The van der Waals surface area contributed by atoms with Crippen molar-refractivity contribution < 1.29 is 14.6 Å². The molecule has 4 heteroatoms. The molecule has 2 unspecified atom stereocenters. The van der Waals surface area contributed by atoms with Crippen molar-refractivity contribution in [2.45, 2.75) is 58.1 Å². The monoisotopic (exact) mass is 231 g/mol. The number of ether oxygens (including phenoxy) is 1. The van der Waals surface area contributed by atoms with Gasteiger partial charge in [-0.15, -0.1) is 0 Å². The normalized spacial score (nSPS) is 16.6. The lowest BCUT2D eigenvalue weighted by atomic mass is 10.0. The molecule has 2 N–H and O–H groups in total. The third-order valence-electron chi connectivity index (χ3n) is 2.82. The van der Waals surface area contributed by atoms with E-state index < -0.39 is 5.60 Å². The summed E-state index contributed by atoms with van der Waals surface area (Å²) in [5.74, 6) is -0.250. The summed E-state index contributed by atoms with van der Waals surface area (Å²) in [4.78, 5) is 11.5. The van der Waals surface area contributed by atoms with E-state index in [0.717, 1.165) is 19.3 Å². The van der Waals surface area contributed by atoms with E-state index in [4.69, 9.17) is 4.74 Å². The Labute approximate surface area is 98.4 Å². The number of hydrogen-bond acceptors (Lipinski definition) is 4. The van der Waals surface area contributed by atoms with Gasteiger partial charge in [-0.2, -0.15) is 0 Å². The zero-order chi connectivity index (χ0) is 12.6. The van der Waals surface area contributed by atoms with Crippen LogP contribution in [0.5, 0.6) is 0 Å². The van der Waals surface area contributed by atoms with Crippen molar-refractivity contribution in [3.05, 3.63) is 0 Å². The van der Waals surface area contributed by atoms with Crippen LogP contribution in [-0.2, 0) is 9.53 Å². The number of methoxy groups -OCH3 is 1. The lowest BCUT2D eigenvalue weighted by Gasteiger charge is -2.25. The van der Waals surface area contributed by atoms with Crippen LogP contribution in [0.4, 0.5) is 0 Å². The lowest BCUT2D eigenvalue weighted by Crippen LogP contribution is -2.46.